The summed E-state index contributed by atoms with van der Waals surface area (Å²) in [4.78, 5) is 21.0. The summed E-state index contributed by atoms with van der Waals surface area (Å²) in [6.07, 6.45) is 3.84. The van der Waals surface area contributed by atoms with Crippen LogP contribution in [-0.2, 0) is 4.79 Å². The molecule has 2 aromatic rings. The van der Waals surface area contributed by atoms with E-state index in [1.807, 2.05) is 4.90 Å². The number of amides is 1. The molecule has 19 heavy (non-hydrogen) atoms. The number of hydrogen-bond acceptors (Lipinski definition) is 2. The van der Waals surface area contributed by atoms with Gasteiger partial charge in [-0.2, -0.15) is 0 Å². The Bertz CT molecular complexity index is 622. The summed E-state index contributed by atoms with van der Waals surface area (Å²) in [7, 11) is 0. The molecule has 2 aromatic heterocycles. The van der Waals surface area contributed by atoms with Gasteiger partial charge in [0.05, 0.1) is 5.02 Å². The van der Waals surface area contributed by atoms with E-state index in [4.69, 9.17) is 11.6 Å². The molecule has 1 fully saturated rings. The van der Waals surface area contributed by atoms with Gasteiger partial charge in [0.1, 0.15) is 5.65 Å². The van der Waals surface area contributed by atoms with Gasteiger partial charge < -0.3 is 9.88 Å². The standard InChI is InChI=1S/C14H16ClN3O/c1-9(19)18-6-2-3-10(8-18)13-7-11-12(15)4-5-16-14(11)17-13/h4-5,7,10H,2-3,6,8H2,1H3,(H,16,17). The Kier molecular flexibility index (Phi) is 3.19. The molecule has 0 aromatic carbocycles. The van der Waals surface area contributed by atoms with Crippen molar-refractivity contribution in [2.75, 3.05) is 13.1 Å². The number of aromatic nitrogens is 2. The van der Waals surface area contributed by atoms with Crippen molar-refractivity contribution < 1.29 is 4.79 Å². The minimum atomic E-state index is 0.150. The van der Waals surface area contributed by atoms with E-state index in [0.717, 1.165) is 42.7 Å². The summed E-state index contributed by atoms with van der Waals surface area (Å²) in [5.41, 5.74) is 1.95. The maximum Gasteiger partial charge on any atom is 0.219 e. The van der Waals surface area contributed by atoms with E-state index in [1.165, 1.54) is 0 Å². The summed E-state index contributed by atoms with van der Waals surface area (Å²) in [6.45, 7) is 3.27. The van der Waals surface area contributed by atoms with Crippen molar-refractivity contribution >= 4 is 28.5 Å². The summed E-state index contributed by atoms with van der Waals surface area (Å²) >= 11 is 6.16. The predicted octanol–water partition coefficient (Wildman–Crippen LogP) is 2.94. The van der Waals surface area contributed by atoms with Crippen LogP contribution in [0.4, 0.5) is 0 Å². The van der Waals surface area contributed by atoms with Gasteiger partial charge in [0, 0.05) is 43.2 Å². The summed E-state index contributed by atoms with van der Waals surface area (Å²) < 4.78 is 0. The molecule has 1 unspecified atom stereocenters. The predicted molar refractivity (Wildman–Crippen MR) is 75.3 cm³/mol. The molecule has 3 rings (SSSR count). The molecule has 100 valence electrons. The van der Waals surface area contributed by atoms with E-state index in [-0.39, 0.29) is 5.91 Å². The largest absolute Gasteiger partial charge is 0.343 e. The van der Waals surface area contributed by atoms with Gasteiger partial charge in [-0.1, -0.05) is 11.6 Å². The average molecular weight is 278 g/mol. The molecule has 1 saturated heterocycles. The van der Waals surface area contributed by atoms with Crippen molar-refractivity contribution in [2.45, 2.75) is 25.7 Å². The van der Waals surface area contributed by atoms with E-state index in [1.54, 1.807) is 19.2 Å². The van der Waals surface area contributed by atoms with E-state index in [9.17, 15) is 4.79 Å². The molecule has 1 atom stereocenters. The molecular weight excluding hydrogens is 262 g/mol. The number of pyridine rings is 1. The fourth-order valence-corrected chi connectivity index (χ4v) is 2.95. The van der Waals surface area contributed by atoms with Crippen LogP contribution in [0.25, 0.3) is 11.0 Å². The van der Waals surface area contributed by atoms with Crippen molar-refractivity contribution in [2.24, 2.45) is 0 Å². The number of fused-ring (bicyclic) bond motifs is 1. The molecule has 0 spiro atoms. The Morgan fingerprint density at radius 1 is 1.58 bits per heavy atom. The second-order valence-corrected chi connectivity index (χ2v) is 5.49. The number of halogens is 1. The van der Waals surface area contributed by atoms with Crippen LogP contribution in [0.5, 0.6) is 0 Å². The van der Waals surface area contributed by atoms with Gasteiger partial charge in [0.15, 0.2) is 0 Å². The van der Waals surface area contributed by atoms with Crippen molar-refractivity contribution in [3.63, 3.8) is 0 Å². The smallest absolute Gasteiger partial charge is 0.219 e. The molecule has 0 aliphatic carbocycles. The monoisotopic (exact) mass is 277 g/mol. The van der Waals surface area contributed by atoms with E-state index < -0.39 is 0 Å². The number of rotatable bonds is 1. The topological polar surface area (TPSA) is 49.0 Å². The van der Waals surface area contributed by atoms with Crippen LogP contribution in [0.15, 0.2) is 18.3 Å². The average Bonchev–Trinajstić information content (AvgIpc) is 2.84. The summed E-state index contributed by atoms with van der Waals surface area (Å²) in [6, 6.07) is 3.86. The van der Waals surface area contributed by atoms with Gasteiger partial charge >= 0.3 is 0 Å². The zero-order valence-corrected chi connectivity index (χ0v) is 11.6. The number of H-pyrrole nitrogens is 1. The van der Waals surface area contributed by atoms with E-state index >= 15 is 0 Å². The maximum atomic E-state index is 11.5. The van der Waals surface area contributed by atoms with E-state index in [2.05, 4.69) is 16.0 Å². The number of aromatic amines is 1. The van der Waals surface area contributed by atoms with E-state index in [0.29, 0.717) is 10.9 Å². The lowest BCUT2D eigenvalue weighted by molar-refractivity contribution is -0.130. The maximum absolute atomic E-state index is 11.5. The highest BCUT2D eigenvalue weighted by Gasteiger charge is 2.24. The first-order valence-electron chi connectivity index (χ1n) is 6.54. The van der Waals surface area contributed by atoms with Gasteiger partial charge in [-0.15, -0.1) is 0 Å². The van der Waals surface area contributed by atoms with Crippen LogP contribution >= 0.6 is 11.6 Å². The molecule has 0 radical (unpaired) electrons. The molecule has 0 saturated carbocycles. The lowest BCUT2D eigenvalue weighted by atomic mass is 9.95. The Morgan fingerprint density at radius 2 is 2.42 bits per heavy atom. The number of piperidine rings is 1. The molecule has 5 heteroatoms. The number of nitrogens with zero attached hydrogens (tertiary/aromatic N) is 2. The number of carbonyl (C=O) groups excluding carboxylic acids is 1. The molecule has 0 bridgehead atoms. The first-order chi connectivity index (χ1) is 9.15. The number of hydrogen-bond donors (Lipinski definition) is 1. The first kappa shape index (κ1) is 12.5. The minimum Gasteiger partial charge on any atom is -0.343 e. The highest BCUT2D eigenvalue weighted by Crippen LogP contribution is 2.30. The number of carbonyl (C=O) groups is 1. The molecule has 1 aliphatic rings. The lowest BCUT2D eigenvalue weighted by Crippen LogP contribution is -2.37. The number of likely N-dealkylation sites (tertiary alicyclic amines) is 1. The van der Waals surface area contributed by atoms with Gasteiger partial charge in [-0.05, 0) is 25.0 Å². The van der Waals surface area contributed by atoms with Crippen molar-refractivity contribution in [3.05, 3.63) is 29.0 Å². The van der Waals surface area contributed by atoms with Crippen molar-refractivity contribution in [1.82, 2.24) is 14.9 Å². The fourth-order valence-electron chi connectivity index (χ4n) is 2.75. The van der Waals surface area contributed by atoms with Gasteiger partial charge in [0.25, 0.3) is 0 Å². The van der Waals surface area contributed by atoms with Crippen LogP contribution in [0, 0.1) is 0 Å². The van der Waals surface area contributed by atoms with Gasteiger partial charge in [-0.25, -0.2) is 4.98 Å². The van der Waals surface area contributed by atoms with Gasteiger partial charge in [0.2, 0.25) is 5.91 Å². The SMILES string of the molecule is CC(=O)N1CCCC(c2cc3c(Cl)ccnc3[nH]2)C1. The third-order valence-electron chi connectivity index (χ3n) is 3.81. The first-order valence-corrected chi connectivity index (χ1v) is 6.91. The summed E-state index contributed by atoms with van der Waals surface area (Å²) in [5, 5.41) is 1.67. The van der Waals surface area contributed by atoms with Crippen LogP contribution < -0.4 is 0 Å². The fraction of sp³-hybridized carbons (Fsp3) is 0.429. The lowest BCUT2D eigenvalue weighted by Gasteiger charge is -2.31. The van der Waals surface area contributed by atoms with Crippen LogP contribution in [0.1, 0.15) is 31.4 Å². The van der Waals surface area contributed by atoms with Crippen LogP contribution in [0.2, 0.25) is 5.02 Å². The summed E-state index contributed by atoms with van der Waals surface area (Å²) in [5.74, 6) is 0.500. The Balaban J connectivity index is 1.91. The molecule has 1 aliphatic heterocycles. The molecule has 3 heterocycles. The van der Waals surface area contributed by atoms with Crippen LogP contribution in [0.3, 0.4) is 0 Å². The molecule has 1 N–H and O–H groups in total. The van der Waals surface area contributed by atoms with Crippen molar-refractivity contribution in [3.8, 4) is 0 Å². The Labute approximate surface area is 116 Å². The Hall–Kier alpha value is -1.55. The third-order valence-corrected chi connectivity index (χ3v) is 4.14. The minimum absolute atomic E-state index is 0.150. The van der Waals surface area contributed by atoms with Crippen molar-refractivity contribution in [1.29, 1.82) is 0 Å². The quantitative estimate of drug-likeness (QED) is 0.871. The highest BCUT2D eigenvalue weighted by molar-refractivity contribution is 6.35. The second-order valence-electron chi connectivity index (χ2n) is 5.08. The second kappa shape index (κ2) is 4.85. The van der Waals surface area contributed by atoms with Crippen LogP contribution in [-0.4, -0.2) is 33.9 Å². The normalized spacial score (nSPS) is 19.9. The molecular formula is C14H16ClN3O. The van der Waals surface area contributed by atoms with Gasteiger partial charge in [-0.3, -0.25) is 4.79 Å². The zero-order valence-electron chi connectivity index (χ0n) is 10.8. The molecule has 4 nitrogen and oxygen atoms in total. The third kappa shape index (κ3) is 2.32. The highest BCUT2D eigenvalue weighted by atomic mass is 35.5. The number of nitrogens with one attached hydrogen (secondary N) is 1. The molecule has 1 amide bonds. The zero-order chi connectivity index (χ0) is 13.4. The Morgan fingerprint density at radius 3 is 3.16 bits per heavy atom.